The van der Waals surface area contributed by atoms with Crippen LogP contribution in [0.3, 0.4) is 0 Å². The number of hydrogen-bond donors (Lipinski definition) is 4. The van der Waals surface area contributed by atoms with E-state index in [1.54, 1.807) is 20.8 Å². The number of rotatable bonds is 7. The fraction of sp³-hybridized carbons (Fsp3) is 0.379. The molecule has 5 N–H and O–H groups in total. The molecule has 0 spiro atoms. The van der Waals surface area contributed by atoms with E-state index in [2.05, 4.69) is 15.0 Å². The molecule has 1 aliphatic rings. The number of nitrogens with one attached hydrogen (secondary N) is 2. The summed E-state index contributed by atoms with van der Waals surface area (Å²) >= 11 is 0.768. The number of hydrogen-bond acceptors (Lipinski definition) is 7. The molecule has 0 aliphatic heterocycles. The molecule has 0 unspecified atom stereocenters. The second kappa shape index (κ2) is 12.0. The maximum atomic E-state index is 14.2. The normalized spacial score (nSPS) is 14.8. The average Bonchev–Trinajstić information content (AvgIpc) is 3.29. The van der Waals surface area contributed by atoms with E-state index in [-0.39, 0.29) is 33.7 Å². The summed E-state index contributed by atoms with van der Waals surface area (Å²) in [4.78, 5) is 42.1. The number of phenolic OH excluding ortho intramolecular Hbond substituents is 1. The van der Waals surface area contributed by atoms with E-state index < -0.39 is 35.1 Å². The van der Waals surface area contributed by atoms with Gasteiger partial charge in [0.1, 0.15) is 22.5 Å². The van der Waals surface area contributed by atoms with Crippen molar-refractivity contribution in [2.45, 2.75) is 70.5 Å². The zero-order valence-corrected chi connectivity index (χ0v) is 23.6. The highest BCUT2D eigenvalue weighted by Gasteiger charge is 2.37. The summed E-state index contributed by atoms with van der Waals surface area (Å²) in [6.07, 6.45) is 4.94. The lowest BCUT2D eigenvalue weighted by molar-refractivity contribution is -0.123. The summed E-state index contributed by atoms with van der Waals surface area (Å²) < 4.78 is 18.1. The van der Waals surface area contributed by atoms with Crippen LogP contribution in [0.25, 0.3) is 0 Å². The predicted molar refractivity (Wildman–Crippen MR) is 153 cm³/mol. The Hall–Kier alpha value is -3.99. The van der Waals surface area contributed by atoms with Gasteiger partial charge in [-0.1, -0.05) is 31.4 Å². The quantitative estimate of drug-likeness (QED) is 0.319. The third kappa shape index (κ3) is 6.77. The van der Waals surface area contributed by atoms with Crippen LogP contribution < -0.4 is 21.3 Å². The Morgan fingerprint density at radius 1 is 1.05 bits per heavy atom. The predicted octanol–water partition coefficient (Wildman–Crippen LogP) is 4.94. The van der Waals surface area contributed by atoms with Crippen molar-refractivity contribution < 1.29 is 23.9 Å². The number of carbonyl (C=O) groups excluding carboxylic acids is 3. The molecule has 40 heavy (non-hydrogen) atoms. The highest BCUT2D eigenvalue weighted by molar-refractivity contribution is 7.09. The molecule has 3 aromatic rings. The smallest absolute Gasteiger partial charge is 0.273 e. The lowest BCUT2D eigenvalue weighted by Crippen LogP contribution is -2.49. The van der Waals surface area contributed by atoms with Crippen molar-refractivity contribution in [3.8, 4) is 5.75 Å². The van der Waals surface area contributed by atoms with Gasteiger partial charge in [-0.15, -0.1) is 0 Å². The Labute approximate surface area is 236 Å². The molecule has 9 nitrogen and oxygen atoms in total. The number of anilines is 2. The number of halogens is 1. The molecule has 4 rings (SSSR count). The minimum atomic E-state index is -1.22. The second-order valence-electron chi connectivity index (χ2n) is 11.0. The van der Waals surface area contributed by atoms with E-state index in [0.29, 0.717) is 5.56 Å². The third-order valence-electron chi connectivity index (χ3n) is 6.61. The molecule has 11 heteroatoms. The molecule has 2 aromatic carbocycles. The van der Waals surface area contributed by atoms with Crippen LogP contribution in [0, 0.1) is 5.82 Å². The van der Waals surface area contributed by atoms with Crippen LogP contribution >= 0.6 is 11.5 Å². The number of carbonyl (C=O) groups is 3. The molecule has 0 radical (unpaired) electrons. The maximum Gasteiger partial charge on any atom is 0.273 e. The number of aromatic hydroxyl groups is 1. The number of aromatic nitrogens is 1. The van der Waals surface area contributed by atoms with Gasteiger partial charge >= 0.3 is 0 Å². The Morgan fingerprint density at radius 3 is 2.27 bits per heavy atom. The van der Waals surface area contributed by atoms with Gasteiger partial charge in [0, 0.05) is 17.3 Å². The average molecular weight is 568 g/mol. The summed E-state index contributed by atoms with van der Waals surface area (Å²) in [6.45, 7) is 5.42. The van der Waals surface area contributed by atoms with Crippen molar-refractivity contribution in [2.24, 2.45) is 0 Å². The van der Waals surface area contributed by atoms with Crippen molar-refractivity contribution >= 4 is 40.6 Å². The van der Waals surface area contributed by atoms with E-state index in [1.165, 1.54) is 53.4 Å². The second-order valence-corrected chi connectivity index (χ2v) is 11.7. The first-order valence-electron chi connectivity index (χ1n) is 13.2. The van der Waals surface area contributed by atoms with Gasteiger partial charge in [0.25, 0.3) is 11.8 Å². The van der Waals surface area contributed by atoms with Crippen molar-refractivity contribution in [1.82, 2.24) is 15.0 Å². The first-order valence-corrected chi connectivity index (χ1v) is 14.0. The number of nitrogens with zero attached hydrogens (tertiary/aromatic N) is 2. The van der Waals surface area contributed by atoms with E-state index in [9.17, 15) is 23.9 Å². The summed E-state index contributed by atoms with van der Waals surface area (Å²) in [5.74, 6) is -2.17. The number of nitrogen functional groups attached to an aromatic ring is 1. The number of amides is 3. The van der Waals surface area contributed by atoms with Gasteiger partial charge in [0.2, 0.25) is 5.91 Å². The van der Waals surface area contributed by atoms with Crippen LogP contribution in [0.1, 0.15) is 84.6 Å². The Balaban J connectivity index is 1.76. The molecule has 1 heterocycles. The fourth-order valence-electron chi connectivity index (χ4n) is 4.72. The van der Waals surface area contributed by atoms with Crippen LogP contribution in [0.15, 0.2) is 48.5 Å². The zero-order valence-electron chi connectivity index (χ0n) is 22.7. The molecular formula is C29H34FN5O4S. The van der Waals surface area contributed by atoms with Crippen LogP contribution in [-0.2, 0) is 4.79 Å². The maximum absolute atomic E-state index is 14.2. The minimum absolute atomic E-state index is 0.0151. The fourth-order valence-corrected chi connectivity index (χ4v) is 5.46. The van der Waals surface area contributed by atoms with E-state index >= 15 is 0 Å². The molecule has 212 valence electrons. The van der Waals surface area contributed by atoms with E-state index in [0.717, 1.165) is 43.6 Å². The van der Waals surface area contributed by atoms with Gasteiger partial charge in [-0.05, 0) is 87.1 Å². The van der Waals surface area contributed by atoms with Gasteiger partial charge in [0.05, 0.1) is 5.69 Å². The highest BCUT2D eigenvalue weighted by atomic mass is 32.1. The standard InChI is InChI=1S/C29H34FN5O4S/c1-29(2,3)33-27(38)24(17-9-15-21(36)16-10-17)35(20-13-11-18(30)12-14-20)28(39)25-22(31)23(34-40-25)26(37)32-19-7-5-4-6-8-19/h9-16,19,24,36H,4-8,31H2,1-3H3,(H,32,37)(H,33,38)/t24-/m0/s1. The van der Waals surface area contributed by atoms with Gasteiger partial charge < -0.3 is 21.5 Å². The molecule has 0 bridgehead atoms. The first kappa shape index (κ1) is 29.0. The Morgan fingerprint density at radius 2 is 1.68 bits per heavy atom. The summed E-state index contributed by atoms with van der Waals surface area (Å²) in [7, 11) is 0. The van der Waals surface area contributed by atoms with Gasteiger partial charge in [-0.25, -0.2) is 4.39 Å². The minimum Gasteiger partial charge on any atom is -0.508 e. The van der Waals surface area contributed by atoms with E-state index in [4.69, 9.17) is 5.73 Å². The molecule has 3 amide bonds. The molecular weight excluding hydrogens is 533 g/mol. The van der Waals surface area contributed by atoms with Crippen LogP contribution in [0.2, 0.25) is 0 Å². The number of phenols is 1. The topological polar surface area (TPSA) is 138 Å². The monoisotopic (exact) mass is 567 g/mol. The first-order chi connectivity index (χ1) is 18.9. The van der Waals surface area contributed by atoms with E-state index in [1.807, 2.05) is 0 Å². The molecule has 1 fully saturated rings. The summed E-state index contributed by atoms with van der Waals surface area (Å²) in [5.41, 5.74) is 6.19. The molecule has 1 saturated carbocycles. The van der Waals surface area contributed by atoms with Crippen molar-refractivity contribution in [3.05, 3.63) is 70.5 Å². The third-order valence-corrected chi connectivity index (χ3v) is 7.47. The zero-order chi connectivity index (χ0) is 29.0. The van der Waals surface area contributed by atoms with Crippen molar-refractivity contribution in [3.63, 3.8) is 0 Å². The summed E-state index contributed by atoms with van der Waals surface area (Å²) in [6, 6.07) is 9.84. The van der Waals surface area contributed by atoms with Crippen molar-refractivity contribution in [2.75, 3.05) is 10.6 Å². The van der Waals surface area contributed by atoms with Gasteiger partial charge in [-0.2, -0.15) is 4.37 Å². The number of benzene rings is 2. The number of nitrogens with two attached hydrogens (primary N) is 1. The largest absolute Gasteiger partial charge is 0.508 e. The Kier molecular flexibility index (Phi) is 8.73. The molecule has 1 atom stereocenters. The lowest BCUT2D eigenvalue weighted by atomic mass is 9.95. The molecule has 0 saturated heterocycles. The Bertz CT molecular complexity index is 1360. The van der Waals surface area contributed by atoms with Gasteiger partial charge in [0.15, 0.2) is 5.69 Å². The molecule has 1 aromatic heterocycles. The highest BCUT2D eigenvalue weighted by Crippen LogP contribution is 2.34. The SMILES string of the molecule is CC(C)(C)NC(=O)[C@H](c1ccc(O)cc1)N(C(=O)c1snc(C(=O)NC2CCCCC2)c1N)c1ccc(F)cc1. The summed E-state index contributed by atoms with van der Waals surface area (Å²) in [5, 5.41) is 15.7. The van der Waals surface area contributed by atoms with Crippen LogP contribution in [-0.4, -0.2) is 38.8 Å². The van der Waals surface area contributed by atoms with Crippen LogP contribution in [0.4, 0.5) is 15.8 Å². The van der Waals surface area contributed by atoms with Crippen molar-refractivity contribution in [1.29, 1.82) is 0 Å². The van der Waals surface area contributed by atoms with Crippen LogP contribution in [0.5, 0.6) is 5.75 Å². The van der Waals surface area contributed by atoms with Gasteiger partial charge in [-0.3, -0.25) is 19.3 Å². The molecule has 1 aliphatic carbocycles. The lowest BCUT2D eigenvalue weighted by Gasteiger charge is -2.33.